The maximum atomic E-state index is 12.8. The van der Waals surface area contributed by atoms with Crippen LogP contribution in [0.4, 0.5) is 0 Å². The Labute approximate surface area is 154 Å². The summed E-state index contributed by atoms with van der Waals surface area (Å²) in [5, 5.41) is 0.750. The first-order chi connectivity index (χ1) is 12.0. The Morgan fingerprint density at radius 3 is 2.72 bits per heavy atom. The van der Waals surface area contributed by atoms with Crippen molar-refractivity contribution in [3.05, 3.63) is 41.7 Å². The number of hydrogen-bond acceptors (Lipinski definition) is 3. The van der Waals surface area contributed by atoms with E-state index in [1.54, 1.807) is 11.8 Å². The summed E-state index contributed by atoms with van der Waals surface area (Å²) in [5.74, 6) is 0.961. The number of carbonyl (C=O) groups excluding carboxylic acids is 1. The van der Waals surface area contributed by atoms with Gasteiger partial charge in [0, 0.05) is 25.5 Å². The molecule has 0 radical (unpaired) electrons. The number of aryl methyl sites for hydroxylation is 1. The van der Waals surface area contributed by atoms with Gasteiger partial charge in [-0.1, -0.05) is 30.8 Å². The minimum Gasteiger partial charge on any atom is -0.342 e. The number of rotatable bonds is 4. The zero-order valence-corrected chi connectivity index (χ0v) is 16.3. The summed E-state index contributed by atoms with van der Waals surface area (Å²) in [5.41, 5.74) is 3.63. The van der Waals surface area contributed by atoms with Crippen LogP contribution in [-0.2, 0) is 4.79 Å². The van der Waals surface area contributed by atoms with Crippen LogP contribution in [0.2, 0.25) is 0 Å². The first-order valence-electron chi connectivity index (χ1n) is 9.02. The van der Waals surface area contributed by atoms with Gasteiger partial charge in [-0.3, -0.25) is 9.36 Å². The molecule has 1 amide bonds. The summed E-state index contributed by atoms with van der Waals surface area (Å²) in [6.45, 7) is 10.3. The number of imidazole rings is 1. The molecule has 1 saturated heterocycles. The molecule has 1 aliphatic heterocycles. The van der Waals surface area contributed by atoms with Gasteiger partial charge in [-0.2, -0.15) is 0 Å². The Bertz CT molecular complexity index is 747. The average Bonchev–Trinajstić information content (AvgIpc) is 3.05. The van der Waals surface area contributed by atoms with Gasteiger partial charge in [-0.25, -0.2) is 4.98 Å². The number of benzene rings is 1. The van der Waals surface area contributed by atoms with Crippen LogP contribution in [0.1, 0.15) is 37.8 Å². The predicted octanol–water partition coefficient (Wildman–Crippen LogP) is 4.23. The van der Waals surface area contributed by atoms with Crippen LogP contribution >= 0.6 is 11.8 Å². The van der Waals surface area contributed by atoms with E-state index in [1.807, 2.05) is 24.2 Å². The molecule has 3 rings (SSSR count). The summed E-state index contributed by atoms with van der Waals surface area (Å²) in [6, 6.07) is 6.29. The fourth-order valence-corrected chi connectivity index (χ4v) is 4.21. The van der Waals surface area contributed by atoms with Crippen LogP contribution in [0.15, 0.2) is 35.7 Å². The van der Waals surface area contributed by atoms with Crippen molar-refractivity contribution in [3.8, 4) is 5.69 Å². The van der Waals surface area contributed by atoms with Crippen molar-refractivity contribution in [2.24, 2.45) is 5.92 Å². The van der Waals surface area contributed by atoms with Crippen LogP contribution in [0.5, 0.6) is 0 Å². The lowest BCUT2D eigenvalue weighted by Gasteiger charge is -2.32. The van der Waals surface area contributed by atoms with E-state index in [4.69, 9.17) is 0 Å². The molecule has 0 spiro atoms. The molecule has 1 unspecified atom stereocenters. The highest BCUT2D eigenvalue weighted by Gasteiger charge is 2.26. The van der Waals surface area contributed by atoms with E-state index in [0.29, 0.717) is 0 Å². The molecule has 0 aliphatic carbocycles. The van der Waals surface area contributed by atoms with E-state index in [9.17, 15) is 4.79 Å². The minimum absolute atomic E-state index is 0.125. The van der Waals surface area contributed by atoms with Crippen molar-refractivity contribution in [3.63, 3.8) is 0 Å². The molecular weight excluding hydrogens is 330 g/mol. The van der Waals surface area contributed by atoms with E-state index in [1.165, 1.54) is 11.1 Å². The molecule has 1 aromatic carbocycles. The number of aromatic nitrogens is 2. The highest BCUT2D eigenvalue weighted by atomic mass is 32.2. The quantitative estimate of drug-likeness (QED) is 0.769. The number of nitrogens with zero attached hydrogens (tertiary/aromatic N) is 3. The van der Waals surface area contributed by atoms with E-state index in [2.05, 4.69) is 48.5 Å². The standard InChI is InChI=1S/C20H27N3OS/c1-14-8-11-22(12-9-14)19(24)17(4)25-20-21-10-13-23(20)18-7-5-6-15(2)16(18)3/h5-7,10,13-14,17H,8-9,11-12H2,1-4H3. The number of hydrogen-bond donors (Lipinski definition) is 0. The molecule has 1 atom stereocenters. The number of thioether (sulfide) groups is 1. The number of piperidine rings is 1. The van der Waals surface area contributed by atoms with Crippen molar-refractivity contribution >= 4 is 17.7 Å². The molecule has 1 fully saturated rings. The van der Waals surface area contributed by atoms with Gasteiger partial charge in [0.25, 0.3) is 0 Å². The zero-order chi connectivity index (χ0) is 18.0. The summed E-state index contributed by atoms with van der Waals surface area (Å²) < 4.78 is 2.09. The Morgan fingerprint density at radius 1 is 1.28 bits per heavy atom. The highest BCUT2D eigenvalue weighted by molar-refractivity contribution is 8.00. The molecule has 1 aromatic heterocycles. The second-order valence-corrected chi connectivity index (χ2v) is 8.37. The van der Waals surface area contributed by atoms with Crippen molar-refractivity contribution in [2.75, 3.05) is 13.1 Å². The lowest BCUT2D eigenvalue weighted by molar-refractivity contribution is -0.131. The average molecular weight is 358 g/mol. The van der Waals surface area contributed by atoms with Gasteiger partial charge in [0.05, 0.1) is 10.9 Å². The van der Waals surface area contributed by atoms with Crippen LogP contribution < -0.4 is 0 Å². The van der Waals surface area contributed by atoms with E-state index in [0.717, 1.165) is 42.7 Å². The Morgan fingerprint density at radius 2 is 2.00 bits per heavy atom. The number of carbonyl (C=O) groups is 1. The second-order valence-electron chi connectivity index (χ2n) is 7.07. The van der Waals surface area contributed by atoms with Gasteiger partial charge in [-0.15, -0.1) is 0 Å². The zero-order valence-electron chi connectivity index (χ0n) is 15.5. The molecule has 0 saturated carbocycles. The molecule has 0 N–H and O–H groups in total. The molecular formula is C20H27N3OS. The highest BCUT2D eigenvalue weighted by Crippen LogP contribution is 2.28. The third-order valence-electron chi connectivity index (χ3n) is 5.17. The van der Waals surface area contributed by atoms with Crippen molar-refractivity contribution in [1.29, 1.82) is 0 Å². The molecule has 2 aromatic rings. The van der Waals surface area contributed by atoms with Crippen LogP contribution in [0.3, 0.4) is 0 Å². The Hall–Kier alpha value is -1.75. The number of amides is 1. The topological polar surface area (TPSA) is 38.1 Å². The normalized spacial score (nSPS) is 16.9. The predicted molar refractivity (Wildman–Crippen MR) is 103 cm³/mol. The van der Waals surface area contributed by atoms with Crippen LogP contribution in [-0.4, -0.2) is 38.7 Å². The summed E-state index contributed by atoms with van der Waals surface area (Å²) in [7, 11) is 0. The van der Waals surface area contributed by atoms with Gasteiger partial charge in [0.15, 0.2) is 5.16 Å². The van der Waals surface area contributed by atoms with Crippen LogP contribution in [0, 0.1) is 19.8 Å². The fourth-order valence-electron chi connectivity index (χ4n) is 3.25. The number of likely N-dealkylation sites (tertiary alicyclic amines) is 1. The molecule has 25 heavy (non-hydrogen) atoms. The molecule has 1 aliphatic rings. The third kappa shape index (κ3) is 3.92. The molecule has 134 valence electrons. The van der Waals surface area contributed by atoms with Crippen molar-refractivity contribution in [1.82, 2.24) is 14.5 Å². The van der Waals surface area contributed by atoms with Crippen molar-refractivity contribution < 1.29 is 4.79 Å². The van der Waals surface area contributed by atoms with Gasteiger partial charge < -0.3 is 4.90 Å². The lowest BCUT2D eigenvalue weighted by Crippen LogP contribution is -2.41. The molecule has 4 nitrogen and oxygen atoms in total. The first-order valence-corrected chi connectivity index (χ1v) is 9.90. The van der Waals surface area contributed by atoms with E-state index < -0.39 is 0 Å². The molecule has 2 heterocycles. The van der Waals surface area contributed by atoms with Gasteiger partial charge in [0.1, 0.15) is 0 Å². The maximum Gasteiger partial charge on any atom is 0.235 e. The Balaban J connectivity index is 1.75. The smallest absolute Gasteiger partial charge is 0.235 e. The van der Waals surface area contributed by atoms with Crippen molar-refractivity contribution in [2.45, 2.75) is 50.9 Å². The Kier molecular flexibility index (Phi) is 5.52. The van der Waals surface area contributed by atoms with Gasteiger partial charge >= 0.3 is 0 Å². The molecule has 0 bridgehead atoms. The minimum atomic E-state index is -0.125. The second kappa shape index (κ2) is 7.65. The maximum absolute atomic E-state index is 12.8. The summed E-state index contributed by atoms with van der Waals surface area (Å²) in [4.78, 5) is 19.3. The third-order valence-corrected chi connectivity index (χ3v) is 6.24. The fraction of sp³-hybridized carbons (Fsp3) is 0.500. The van der Waals surface area contributed by atoms with E-state index in [-0.39, 0.29) is 11.2 Å². The lowest BCUT2D eigenvalue weighted by atomic mass is 9.99. The van der Waals surface area contributed by atoms with Gasteiger partial charge in [0.2, 0.25) is 5.91 Å². The molecule has 5 heteroatoms. The summed E-state index contributed by atoms with van der Waals surface area (Å²) in [6.07, 6.45) is 6.01. The van der Waals surface area contributed by atoms with Crippen LogP contribution in [0.25, 0.3) is 5.69 Å². The first kappa shape index (κ1) is 18.1. The van der Waals surface area contributed by atoms with E-state index >= 15 is 0 Å². The largest absolute Gasteiger partial charge is 0.342 e. The monoisotopic (exact) mass is 357 g/mol. The van der Waals surface area contributed by atoms with Gasteiger partial charge in [-0.05, 0) is 56.7 Å². The SMILES string of the molecule is Cc1cccc(-n2ccnc2SC(C)C(=O)N2CCC(C)CC2)c1C. The summed E-state index contributed by atoms with van der Waals surface area (Å²) >= 11 is 1.55.